The van der Waals surface area contributed by atoms with Crippen LogP contribution in [0.1, 0.15) is 37.8 Å². The Morgan fingerprint density at radius 3 is 2.50 bits per heavy atom. The Balaban J connectivity index is 2.64. The Bertz CT molecular complexity index is 258. The summed E-state index contributed by atoms with van der Waals surface area (Å²) < 4.78 is 1.10. The molecular formula is C11H17BrN2. The molecule has 1 aromatic carbocycles. The van der Waals surface area contributed by atoms with E-state index in [1.54, 1.807) is 0 Å². The second-order valence-electron chi connectivity index (χ2n) is 3.41. The highest BCUT2D eigenvalue weighted by molar-refractivity contribution is 9.10. The molecule has 0 amide bonds. The van der Waals surface area contributed by atoms with E-state index in [1.807, 2.05) is 12.1 Å². The molecule has 1 rings (SSSR count). The van der Waals surface area contributed by atoms with Crippen LogP contribution in [0.15, 0.2) is 28.7 Å². The molecule has 0 bridgehead atoms. The van der Waals surface area contributed by atoms with Gasteiger partial charge in [0.05, 0.1) is 0 Å². The van der Waals surface area contributed by atoms with E-state index in [0.717, 1.165) is 10.9 Å². The van der Waals surface area contributed by atoms with Gasteiger partial charge in [0.2, 0.25) is 0 Å². The highest BCUT2D eigenvalue weighted by atomic mass is 79.9. The molecule has 78 valence electrons. The molecule has 0 heterocycles. The molecule has 0 aliphatic rings. The molecule has 0 unspecified atom stereocenters. The maximum Gasteiger partial charge on any atom is 0.0460 e. The summed E-state index contributed by atoms with van der Waals surface area (Å²) in [5.74, 6) is 5.52. The van der Waals surface area contributed by atoms with E-state index in [-0.39, 0.29) is 6.04 Å². The van der Waals surface area contributed by atoms with Crippen LogP contribution in [-0.2, 0) is 0 Å². The highest BCUT2D eigenvalue weighted by Gasteiger charge is 2.07. The summed E-state index contributed by atoms with van der Waals surface area (Å²) in [6.07, 6.45) is 3.49. The van der Waals surface area contributed by atoms with E-state index < -0.39 is 0 Å². The van der Waals surface area contributed by atoms with Gasteiger partial charge in [-0.2, -0.15) is 0 Å². The zero-order valence-corrected chi connectivity index (χ0v) is 10.0. The predicted octanol–water partition coefficient (Wildman–Crippen LogP) is 3.14. The second-order valence-corrected chi connectivity index (χ2v) is 4.33. The van der Waals surface area contributed by atoms with Gasteiger partial charge in [-0.3, -0.25) is 11.3 Å². The van der Waals surface area contributed by atoms with Gasteiger partial charge in [-0.05, 0) is 24.1 Å². The maximum atomic E-state index is 5.52. The molecule has 0 spiro atoms. The number of rotatable bonds is 5. The van der Waals surface area contributed by atoms with E-state index in [4.69, 9.17) is 5.84 Å². The molecule has 0 saturated carbocycles. The monoisotopic (exact) mass is 256 g/mol. The van der Waals surface area contributed by atoms with Gasteiger partial charge in [0.1, 0.15) is 0 Å². The number of hydrogen-bond acceptors (Lipinski definition) is 2. The van der Waals surface area contributed by atoms with Crippen LogP contribution in [0.5, 0.6) is 0 Å². The van der Waals surface area contributed by atoms with Crippen molar-refractivity contribution in [2.24, 2.45) is 5.84 Å². The first-order chi connectivity index (χ1) is 6.77. The molecular weight excluding hydrogens is 240 g/mol. The summed E-state index contributed by atoms with van der Waals surface area (Å²) in [4.78, 5) is 0. The first-order valence-corrected chi connectivity index (χ1v) is 5.78. The third kappa shape index (κ3) is 3.40. The average molecular weight is 257 g/mol. The molecule has 0 aliphatic carbocycles. The fourth-order valence-electron chi connectivity index (χ4n) is 1.45. The van der Waals surface area contributed by atoms with Crippen LogP contribution in [0.25, 0.3) is 0 Å². The Hall–Kier alpha value is -0.380. The SMILES string of the molecule is CCCC[C@@H](NN)c1ccc(Br)cc1. The minimum Gasteiger partial charge on any atom is -0.271 e. The van der Waals surface area contributed by atoms with Crippen LogP contribution in [0.2, 0.25) is 0 Å². The maximum absolute atomic E-state index is 5.52. The van der Waals surface area contributed by atoms with Gasteiger partial charge in [-0.1, -0.05) is 47.8 Å². The van der Waals surface area contributed by atoms with E-state index in [0.29, 0.717) is 0 Å². The molecule has 1 aromatic rings. The summed E-state index contributed by atoms with van der Waals surface area (Å²) in [6.45, 7) is 2.19. The largest absolute Gasteiger partial charge is 0.271 e. The van der Waals surface area contributed by atoms with Crippen molar-refractivity contribution in [1.82, 2.24) is 5.43 Å². The van der Waals surface area contributed by atoms with Crippen LogP contribution < -0.4 is 11.3 Å². The van der Waals surface area contributed by atoms with Crippen molar-refractivity contribution in [2.75, 3.05) is 0 Å². The third-order valence-corrected chi connectivity index (χ3v) is 2.85. The van der Waals surface area contributed by atoms with Crippen molar-refractivity contribution in [3.8, 4) is 0 Å². The van der Waals surface area contributed by atoms with E-state index in [9.17, 15) is 0 Å². The zero-order valence-electron chi connectivity index (χ0n) is 8.46. The molecule has 0 aromatic heterocycles. The molecule has 3 N–H and O–H groups in total. The van der Waals surface area contributed by atoms with Crippen molar-refractivity contribution in [1.29, 1.82) is 0 Å². The number of hydrazine groups is 1. The smallest absolute Gasteiger partial charge is 0.0460 e. The van der Waals surface area contributed by atoms with Gasteiger partial charge >= 0.3 is 0 Å². The summed E-state index contributed by atoms with van der Waals surface area (Å²) >= 11 is 3.42. The van der Waals surface area contributed by atoms with Crippen molar-refractivity contribution in [3.05, 3.63) is 34.3 Å². The minimum atomic E-state index is 0.281. The molecule has 2 nitrogen and oxygen atoms in total. The predicted molar refractivity (Wildman–Crippen MR) is 63.7 cm³/mol. The first-order valence-electron chi connectivity index (χ1n) is 4.99. The van der Waals surface area contributed by atoms with Crippen molar-refractivity contribution in [3.63, 3.8) is 0 Å². The van der Waals surface area contributed by atoms with Crippen LogP contribution >= 0.6 is 15.9 Å². The fourth-order valence-corrected chi connectivity index (χ4v) is 1.71. The Morgan fingerprint density at radius 2 is 2.00 bits per heavy atom. The van der Waals surface area contributed by atoms with Crippen LogP contribution in [0.3, 0.4) is 0 Å². The number of halogens is 1. The lowest BCUT2D eigenvalue weighted by molar-refractivity contribution is 0.495. The lowest BCUT2D eigenvalue weighted by Gasteiger charge is -2.15. The molecule has 0 saturated heterocycles. The van der Waals surface area contributed by atoms with Gasteiger partial charge in [-0.25, -0.2) is 0 Å². The molecule has 3 heteroatoms. The normalized spacial score (nSPS) is 12.8. The first kappa shape index (κ1) is 11.7. The van der Waals surface area contributed by atoms with E-state index >= 15 is 0 Å². The third-order valence-electron chi connectivity index (χ3n) is 2.32. The van der Waals surface area contributed by atoms with Gasteiger partial charge in [-0.15, -0.1) is 0 Å². The van der Waals surface area contributed by atoms with Gasteiger partial charge in [0, 0.05) is 10.5 Å². The van der Waals surface area contributed by atoms with Gasteiger partial charge < -0.3 is 0 Å². The number of unbranched alkanes of at least 4 members (excludes halogenated alkanes) is 1. The molecule has 0 aliphatic heterocycles. The number of nitrogens with one attached hydrogen (secondary N) is 1. The fraction of sp³-hybridized carbons (Fsp3) is 0.455. The number of hydrogen-bond donors (Lipinski definition) is 2. The van der Waals surface area contributed by atoms with E-state index in [1.165, 1.54) is 18.4 Å². The number of nitrogens with two attached hydrogens (primary N) is 1. The van der Waals surface area contributed by atoms with Crippen LogP contribution in [0, 0.1) is 0 Å². The van der Waals surface area contributed by atoms with Crippen molar-refractivity contribution >= 4 is 15.9 Å². The lowest BCUT2D eigenvalue weighted by Crippen LogP contribution is -2.27. The summed E-state index contributed by atoms with van der Waals surface area (Å²) in [5, 5.41) is 0. The average Bonchev–Trinajstić information content (AvgIpc) is 2.21. The summed E-state index contributed by atoms with van der Waals surface area (Å²) in [7, 11) is 0. The molecule has 0 radical (unpaired) electrons. The van der Waals surface area contributed by atoms with Crippen molar-refractivity contribution < 1.29 is 0 Å². The second kappa shape index (κ2) is 6.17. The van der Waals surface area contributed by atoms with Crippen LogP contribution in [-0.4, -0.2) is 0 Å². The topological polar surface area (TPSA) is 38.0 Å². The van der Waals surface area contributed by atoms with Gasteiger partial charge in [0.15, 0.2) is 0 Å². The summed E-state index contributed by atoms with van der Waals surface area (Å²) in [5.41, 5.74) is 4.11. The standard InChI is InChI=1S/C11H17BrN2/c1-2-3-4-11(14-13)9-5-7-10(12)8-6-9/h5-8,11,14H,2-4,13H2,1H3/t11-/m1/s1. The molecule has 1 atom stereocenters. The molecule has 14 heavy (non-hydrogen) atoms. The Kier molecular flexibility index (Phi) is 5.15. The quantitative estimate of drug-likeness (QED) is 0.628. The van der Waals surface area contributed by atoms with Crippen molar-refractivity contribution in [2.45, 2.75) is 32.2 Å². The zero-order chi connectivity index (χ0) is 10.4. The number of benzene rings is 1. The van der Waals surface area contributed by atoms with Crippen LogP contribution in [0.4, 0.5) is 0 Å². The highest BCUT2D eigenvalue weighted by Crippen LogP contribution is 2.20. The lowest BCUT2D eigenvalue weighted by atomic mass is 10.0. The Labute approximate surface area is 94.0 Å². The van der Waals surface area contributed by atoms with Gasteiger partial charge in [0.25, 0.3) is 0 Å². The Morgan fingerprint density at radius 1 is 1.36 bits per heavy atom. The van der Waals surface area contributed by atoms with E-state index in [2.05, 4.69) is 40.4 Å². The minimum absolute atomic E-state index is 0.281. The summed E-state index contributed by atoms with van der Waals surface area (Å²) in [6, 6.07) is 8.58. The molecule has 0 fully saturated rings.